The molecule has 0 aliphatic carbocycles. The number of nitrogens with zero attached hydrogens (tertiary/aromatic N) is 2. The molecule has 1 fully saturated rings. The highest BCUT2D eigenvalue weighted by Gasteiger charge is 2.28. The van der Waals surface area contributed by atoms with Gasteiger partial charge in [-0.25, -0.2) is 4.98 Å². The summed E-state index contributed by atoms with van der Waals surface area (Å²) in [6.45, 7) is 4.91. The number of aromatic nitrogens is 1. The van der Waals surface area contributed by atoms with E-state index >= 15 is 0 Å². The maximum absolute atomic E-state index is 5.95. The van der Waals surface area contributed by atoms with Crippen LogP contribution in [0, 0.1) is 0 Å². The van der Waals surface area contributed by atoms with Crippen LogP contribution >= 0.6 is 24.2 Å². The molecule has 1 aromatic heterocycles. The van der Waals surface area contributed by atoms with E-state index in [1.165, 1.54) is 11.1 Å². The molecule has 4 rings (SSSR count). The molecule has 3 heterocycles. The van der Waals surface area contributed by atoms with Crippen LogP contribution in [-0.2, 0) is 4.74 Å². The molecule has 128 valence electrons. The van der Waals surface area contributed by atoms with E-state index in [-0.39, 0.29) is 12.4 Å². The molecule has 1 unspecified atom stereocenters. The number of rotatable bonds is 4. The van der Waals surface area contributed by atoms with Crippen molar-refractivity contribution in [3.05, 3.63) is 53.7 Å². The standard InChI is InChI=1S/C18H20N2O2S.ClH/c1-2-6-16-14(4-1)17(15-5-3-7-19-18(15)22-16)23-13-10-20-8-11-21-12-9-20;/h1-7,17H,8-13H2;1H. The molecule has 1 saturated heterocycles. The lowest BCUT2D eigenvalue weighted by molar-refractivity contribution is 0.0410. The van der Waals surface area contributed by atoms with Crippen LogP contribution in [0.25, 0.3) is 0 Å². The van der Waals surface area contributed by atoms with Crippen molar-refractivity contribution in [2.24, 2.45) is 0 Å². The third-order valence-electron chi connectivity index (χ3n) is 4.29. The van der Waals surface area contributed by atoms with Gasteiger partial charge in [-0.05, 0) is 12.1 Å². The monoisotopic (exact) mass is 364 g/mol. The van der Waals surface area contributed by atoms with E-state index in [9.17, 15) is 0 Å². The van der Waals surface area contributed by atoms with Crippen molar-refractivity contribution in [1.29, 1.82) is 0 Å². The lowest BCUT2D eigenvalue weighted by Crippen LogP contribution is -2.37. The van der Waals surface area contributed by atoms with Crippen molar-refractivity contribution in [3.8, 4) is 11.6 Å². The van der Waals surface area contributed by atoms with Gasteiger partial charge in [-0.3, -0.25) is 4.90 Å². The maximum Gasteiger partial charge on any atom is 0.223 e. The molecule has 0 N–H and O–H groups in total. The molecule has 4 nitrogen and oxygen atoms in total. The predicted molar refractivity (Wildman–Crippen MR) is 99.6 cm³/mol. The Balaban J connectivity index is 0.00000169. The molecule has 2 aliphatic heterocycles. The average molecular weight is 365 g/mol. The van der Waals surface area contributed by atoms with Crippen LogP contribution in [0.2, 0.25) is 0 Å². The Morgan fingerprint density at radius 3 is 2.75 bits per heavy atom. The van der Waals surface area contributed by atoms with Crippen molar-refractivity contribution >= 4 is 24.2 Å². The molecule has 24 heavy (non-hydrogen) atoms. The van der Waals surface area contributed by atoms with Gasteiger partial charge >= 0.3 is 0 Å². The van der Waals surface area contributed by atoms with Gasteiger partial charge in [-0.1, -0.05) is 24.3 Å². The van der Waals surface area contributed by atoms with Crippen molar-refractivity contribution in [2.75, 3.05) is 38.6 Å². The minimum atomic E-state index is 0. The molecule has 6 heteroatoms. The third-order valence-corrected chi connectivity index (χ3v) is 5.55. The van der Waals surface area contributed by atoms with Gasteiger partial charge in [0.1, 0.15) is 5.75 Å². The molecule has 0 amide bonds. The molecule has 0 saturated carbocycles. The van der Waals surface area contributed by atoms with Gasteiger partial charge in [-0.2, -0.15) is 0 Å². The summed E-state index contributed by atoms with van der Waals surface area (Å²) in [5.41, 5.74) is 2.43. The number of fused-ring (bicyclic) bond motifs is 2. The molecule has 0 spiro atoms. The molecule has 2 aromatic rings. The Hall–Kier alpha value is -1.27. The van der Waals surface area contributed by atoms with Gasteiger partial charge in [0, 0.05) is 42.7 Å². The number of pyridine rings is 1. The van der Waals surface area contributed by atoms with Gasteiger partial charge in [0.15, 0.2) is 0 Å². The van der Waals surface area contributed by atoms with Gasteiger partial charge in [0.05, 0.1) is 18.5 Å². The number of para-hydroxylation sites is 1. The fraction of sp³-hybridized carbons (Fsp3) is 0.389. The summed E-state index contributed by atoms with van der Waals surface area (Å²) < 4.78 is 11.4. The molecule has 2 aliphatic rings. The van der Waals surface area contributed by atoms with Crippen molar-refractivity contribution in [3.63, 3.8) is 0 Å². The number of halogens is 1. The molecular weight excluding hydrogens is 344 g/mol. The summed E-state index contributed by atoms with van der Waals surface area (Å²) in [5.74, 6) is 2.77. The molecule has 0 radical (unpaired) electrons. The zero-order valence-corrected chi connectivity index (χ0v) is 15.0. The normalized spacial score (nSPS) is 19.6. The van der Waals surface area contributed by atoms with Gasteiger partial charge in [-0.15, -0.1) is 24.2 Å². The van der Waals surface area contributed by atoms with Gasteiger partial charge in [0.2, 0.25) is 5.88 Å². The van der Waals surface area contributed by atoms with E-state index in [2.05, 4.69) is 28.1 Å². The zero-order chi connectivity index (χ0) is 15.5. The second-order valence-corrected chi connectivity index (χ2v) is 6.96. The van der Waals surface area contributed by atoms with E-state index in [1.807, 2.05) is 30.0 Å². The van der Waals surface area contributed by atoms with Gasteiger partial charge in [0.25, 0.3) is 0 Å². The highest BCUT2D eigenvalue weighted by molar-refractivity contribution is 7.99. The van der Waals surface area contributed by atoms with E-state index in [0.717, 1.165) is 50.2 Å². The van der Waals surface area contributed by atoms with E-state index in [0.29, 0.717) is 5.25 Å². The largest absolute Gasteiger partial charge is 0.438 e. The smallest absolute Gasteiger partial charge is 0.223 e. The van der Waals surface area contributed by atoms with Crippen LogP contribution in [0.5, 0.6) is 11.6 Å². The Morgan fingerprint density at radius 2 is 1.88 bits per heavy atom. The third kappa shape index (κ3) is 3.70. The van der Waals surface area contributed by atoms with Crippen LogP contribution in [0.15, 0.2) is 42.6 Å². The quantitative estimate of drug-likeness (QED) is 0.825. The van der Waals surface area contributed by atoms with Crippen molar-refractivity contribution in [1.82, 2.24) is 9.88 Å². The summed E-state index contributed by atoms with van der Waals surface area (Å²) in [5, 5.41) is 0.296. The van der Waals surface area contributed by atoms with Crippen LogP contribution in [-0.4, -0.2) is 48.5 Å². The minimum absolute atomic E-state index is 0. The summed E-state index contributed by atoms with van der Waals surface area (Å²) in [6.07, 6.45) is 1.79. The number of benzene rings is 1. The van der Waals surface area contributed by atoms with Crippen LogP contribution in [0.1, 0.15) is 16.4 Å². The highest BCUT2D eigenvalue weighted by atomic mass is 35.5. The lowest BCUT2D eigenvalue weighted by atomic mass is 10.0. The zero-order valence-electron chi connectivity index (χ0n) is 13.4. The molecule has 1 atom stereocenters. The Kier molecular flexibility index (Phi) is 6.00. The summed E-state index contributed by atoms with van der Waals surface area (Å²) >= 11 is 1.97. The lowest BCUT2D eigenvalue weighted by Gasteiger charge is -2.29. The first kappa shape index (κ1) is 17.5. The van der Waals surface area contributed by atoms with Crippen molar-refractivity contribution < 1.29 is 9.47 Å². The second-order valence-electron chi connectivity index (χ2n) is 5.74. The number of thioether (sulfide) groups is 1. The first-order chi connectivity index (χ1) is 11.4. The molecule has 0 bridgehead atoms. The van der Waals surface area contributed by atoms with Crippen LogP contribution in [0.3, 0.4) is 0 Å². The predicted octanol–water partition coefficient (Wildman–Crippen LogP) is 3.76. The number of hydrogen-bond acceptors (Lipinski definition) is 5. The van der Waals surface area contributed by atoms with E-state index in [4.69, 9.17) is 9.47 Å². The fourth-order valence-electron chi connectivity index (χ4n) is 3.05. The Bertz CT molecular complexity index is 634. The first-order valence-electron chi connectivity index (χ1n) is 8.05. The van der Waals surface area contributed by atoms with Crippen molar-refractivity contribution in [2.45, 2.75) is 5.25 Å². The first-order valence-corrected chi connectivity index (χ1v) is 9.10. The summed E-state index contributed by atoms with van der Waals surface area (Å²) in [6, 6.07) is 12.4. The molecular formula is C18H21ClN2O2S. The average Bonchev–Trinajstić information content (AvgIpc) is 2.62. The van der Waals surface area contributed by atoms with Crippen LogP contribution in [0.4, 0.5) is 0 Å². The number of hydrogen-bond donors (Lipinski definition) is 0. The minimum Gasteiger partial charge on any atom is -0.438 e. The maximum atomic E-state index is 5.95. The Labute approximate surface area is 153 Å². The summed E-state index contributed by atoms with van der Waals surface area (Å²) in [7, 11) is 0. The second kappa shape index (κ2) is 8.21. The van der Waals surface area contributed by atoms with E-state index in [1.54, 1.807) is 6.20 Å². The highest BCUT2D eigenvalue weighted by Crippen LogP contribution is 2.48. The van der Waals surface area contributed by atoms with Gasteiger partial charge < -0.3 is 9.47 Å². The summed E-state index contributed by atoms with van der Waals surface area (Å²) in [4.78, 5) is 6.88. The number of ether oxygens (including phenoxy) is 2. The fourth-order valence-corrected chi connectivity index (χ4v) is 4.39. The number of morpholine rings is 1. The SMILES string of the molecule is Cl.c1ccc2c(c1)Oc1ncccc1C2SCCN1CCOCC1. The molecule has 1 aromatic carbocycles. The van der Waals surface area contributed by atoms with E-state index < -0.39 is 0 Å². The van der Waals surface area contributed by atoms with Crippen LogP contribution < -0.4 is 4.74 Å². The topological polar surface area (TPSA) is 34.6 Å². The Morgan fingerprint density at radius 1 is 1.08 bits per heavy atom.